The van der Waals surface area contributed by atoms with Crippen LogP contribution in [-0.4, -0.2) is 53.2 Å². The molecule has 0 amide bonds. The summed E-state index contributed by atoms with van der Waals surface area (Å²) >= 11 is 0. The minimum absolute atomic E-state index is 0.246. The van der Waals surface area contributed by atoms with Crippen LogP contribution >= 0.6 is 0 Å². The highest BCUT2D eigenvalue weighted by Gasteiger charge is 2.28. The summed E-state index contributed by atoms with van der Waals surface area (Å²) in [5.74, 6) is -0.732. The molecule has 0 aliphatic carbocycles. The van der Waals surface area contributed by atoms with Gasteiger partial charge in [0, 0.05) is 6.08 Å². The third-order valence-electron chi connectivity index (χ3n) is 8.79. The van der Waals surface area contributed by atoms with Gasteiger partial charge in [0.2, 0.25) is 5.78 Å². The van der Waals surface area contributed by atoms with Gasteiger partial charge in [0.15, 0.2) is 0 Å². The first-order valence-corrected chi connectivity index (χ1v) is 16.9. The lowest BCUT2D eigenvalue weighted by molar-refractivity contribution is 0.104. The number of aromatic amines is 2. The Kier molecular flexibility index (Phi) is 10.5. The molecule has 50 heavy (non-hydrogen) atoms. The maximum Gasteiger partial charge on any atom is 0.796 e. The monoisotopic (exact) mass is 676 g/mol. The number of halogens is 2. The SMILES string of the molecule is CCc1c(C(=O)/C=C(\OB(F)F)c2[nH]c(-c3cn(Cc4ccccc4)nn3)c(CC)c2CC)[nH]c(-c2cn(Cc3ccccc3)nn2)c1CC. The van der Waals surface area contributed by atoms with Gasteiger partial charge in [0.1, 0.15) is 17.1 Å². The summed E-state index contributed by atoms with van der Waals surface area (Å²) in [5.41, 5.74) is 8.64. The molecule has 0 saturated heterocycles. The Balaban J connectivity index is 1.36. The number of nitrogens with zero attached hydrogens (tertiary/aromatic N) is 6. The third-order valence-corrected chi connectivity index (χ3v) is 8.79. The van der Waals surface area contributed by atoms with Crippen LogP contribution in [0.4, 0.5) is 8.63 Å². The molecule has 6 aromatic rings. The molecule has 13 heteroatoms. The molecule has 0 fully saturated rings. The lowest BCUT2D eigenvalue weighted by Crippen LogP contribution is -2.09. The third kappa shape index (κ3) is 7.21. The van der Waals surface area contributed by atoms with Crippen LogP contribution in [0.15, 0.2) is 79.1 Å². The number of nitrogens with one attached hydrogen (secondary N) is 2. The minimum Gasteiger partial charge on any atom is -0.503 e. The van der Waals surface area contributed by atoms with E-state index in [0.29, 0.717) is 72.9 Å². The lowest BCUT2D eigenvalue weighted by atomic mass is 9.99. The van der Waals surface area contributed by atoms with Crippen LogP contribution in [0.5, 0.6) is 0 Å². The summed E-state index contributed by atoms with van der Waals surface area (Å²) in [6.07, 6.45) is 7.08. The molecular formula is C37H39BF2N8O2. The standard InChI is InChI=1S/C37H39BF2N8O2/c1-5-26-28(7-3)36(41-34(26)30-22-47(45-43-30)20-24-15-11-9-12-16-24)32(49)19-33(50-38(39)40)37-29(8-4)27(6-2)35(42-37)31-23-48(46-44-31)21-25-17-13-10-14-18-25/h9-19,22-23,41-42H,5-8,20-21H2,1-4H3/b33-19-. The van der Waals surface area contributed by atoms with Crippen molar-refractivity contribution in [2.24, 2.45) is 0 Å². The number of rotatable bonds is 15. The molecule has 0 spiro atoms. The van der Waals surface area contributed by atoms with Crippen molar-refractivity contribution < 1.29 is 18.1 Å². The molecule has 4 heterocycles. The first-order valence-electron chi connectivity index (χ1n) is 16.9. The second-order valence-electron chi connectivity index (χ2n) is 11.9. The smallest absolute Gasteiger partial charge is 0.503 e. The van der Waals surface area contributed by atoms with E-state index >= 15 is 0 Å². The number of hydrogen-bond acceptors (Lipinski definition) is 6. The van der Waals surface area contributed by atoms with E-state index in [0.717, 1.165) is 39.5 Å². The topological polar surface area (TPSA) is 119 Å². The lowest BCUT2D eigenvalue weighted by Gasteiger charge is -2.10. The Morgan fingerprint density at radius 2 is 1.14 bits per heavy atom. The van der Waals surface area contributed by atoms with Crippen LogP contribution in [0.2, 0.25) is 0 Å². The number of aromatic nitrogens is 8. The Labute approximate surface area is 289 Å². The number of carbonyl (C=O) groups is 1. The first-order chi connectivity index (χ1) is 24.3. The van der Waals surface area contributed by atoms with Crippen molar-refractivity contribution in [2.45, 2.75) is 66.5 Å². The normalized spacial score (nSPS) is 11.7. The van der Waals surface area contributed by atoms with Gasteiger partial charge in [-0.2, -0.15) is 0 Å². The number of H-pyrrole nitrogens is 2. The van der Waals surface area contributed by atoms with E-state index in [2.05, 4.69) is 30.6 Å². The van der Waals surface area contributed by atoms with Crippen LogP contribution in [0, 0.1) is 0 Å². The van der Waals surface area contributed by atoms with E-state index in [-0.39, 0.29) is 5.76 Å². The number of benzene rings is 2. The molecule has 2 N–H and O–H groups in total. The fourth-order valence-corrected chi connectivity index (χ4v) is 6.55. The number of ketones is 1. The van der Waals surface area contributed by atoms with E-state index in [1.807, 2.05) is 101 Å². The quantitative estimate of drug-likeness (QED) is 0.0508. The van der Waals surface area contributed by atoms with Crippen LogP contribution in [0.3, 0.4) is 0 Å². The summed E-state index contributed by atoms with van der Waals surface area (Å²) in [4.78, 5) is 20.6. The summed E-state index contributed by atoms with van der Waals surface area (Å²) in [7, 11) is -3.15. The molecule has 0 atom stereocenters. The number of allylic oxidation sites excluding steroid dienone is 1. The molecule has 256 valence electrons. The fraction of sp³-hybridized carbons (Fsp3) is 0.270. The van der Waals surface area contributed by atoms with Crippen molar-refractivity contribution in [3.8, 4) is 22.8 Å². The van der Waals surface area contributed by atoms with Crippen LogP contribution in [-0.2, 0) is 43.4 Å². The Morgan fingerprint density at radius 3 is 1.58 bits per heavy atom. The van der Waals surface area contributed by atoms with Crippen LogP contribution in [0.1, 0.15) is 77.3 Å². The van der Waals surface area contributed by atoms with E-state index in [4.69, 9.17) is 4.65 Å². The largest absolute Gasteiger partial charge is 0.796 e. The van der Waals surface area contributed by atoms with Gasteiger partial charge in [-0.15, -0.1) is 10.2 Å². The molecule has 0 aliphatic heterocycles. The predicted molar refractivity (Wildman–Crippen MR) is 190 cm³/mol. The van der Waals surface area contributed by atoms with Crippen LogP contribution in [0.25, 0.3) is 28.5 Å². The van der Waals surface area contributed by atoms with E-state index in [1.54, 1.807) is 9.36 Å². The Morgan fingerprint density at radius 1 is 0.700 bits per heavy atom. The zero-order valence-electron chi connectivity index (χ0n) is 28.6. The van der Waals surface area contributed by atoms with Crippen molar-refractivity contribution in [3.63, 3.8) is 0 Å². The Bertz CT molecular complexity index is 2100. The predicted octanol–water partition coefficient (Wildman–Crippen LogP) is 7.37. The molecule has 0 saturated carbocycles. The molecule has 0 unspecified atom stereocenters. The molecule has 0 radical (unpaired) electrons. The van der Waals surface area contributed by atoms with Crippen molar-refractivity contribution >= 4 is 19.0 Å². The molecule has 0 aliphatic rings. The highest BCUT2D eigenvalue weighted by Crippen LogP contribution is 2.34. The van der Waals surface area contributed by atoms with Gasteiger partial charge >= 0.3 is 7.47 Å². The first kappa shape index (κ1) is 34.3. The zero-order chi connectivity index (χ0) is 35.2. The van der Waals surface area contributed by atoms with Gasteiger partial charge in [-0.05, 0) is 59.1 Å². The highest BCUT2D eigenvalue weighted by atomic mass is 19.2. The molecule has 0 bridgehead atoms. The molecule has 4 aromatic heterocycles. The average Bonchev–Trinajstić information content (AvgIpc) is 3.92. The number of carbonyl (C=O) groups excluding carboxylic acids is 1. The van der Waals surface area contributed by atoms with Crippen molar-refractivity contribution in [1.82, 2.24) is 40.0 Å². The van der Waals surface area contributed by atoms with E-state index in [9.17, 15) is 13.4 Å². The van der Waals surface area contributed by atoms with E-state index in [1.165, 1.54) is 0 Å². The second kappa shape index (κ2) is 15.3. The van der Waals surface area contributed by atoms with Gasteiger partial charge in [-0.3, -0.25) is 4.79 Å². The Hall–Kier alpha value is -5.59. The van der Waals surface area contributed by atoms with Crippen molar-refractivity contribution in [1.29, 1.82) is 0 Å². The summed E-state index contributed by atoms with van der Waals surface area (Å²) in [6, 6.07) is 19.8. The second-order valence-corrected chi connectivity index (χ2v) is 11.9. The van der Waals surface area contributed by atoms with Crippen molar-refractivity contribution in [3.05, 3.63) is 124 Å². The van der Waals surface area contributed by atoms with Gasteiger partial charge in [-0.1, -0.05) is 98.8 Å². The zero-order valence-corrected chi connectivity index (χ0v) is 28.6. The maximum atomic E-state index is 14.0. The van der Waals surface area contributed by atoms with Crippen LogP contribution < -0.4 is 0 Å². The van der Waals surface area contributed by atoms with Gasteiger partial charge in [-0.25, -0.2) is 18.0 Å². The molecule has 2 aromatic carbocycles. The molecule has 10 nitrogen and oxygen atoms in total. The maximum absolute atomic E-state index is 14.0. The number of hydrogen-bond donors (Lipinski definition) is 2. The van der Waals surface area contributed by atoms with Crippen molar-refractivity contribution in [2.75, 3.05) is 0 Å². The molecule has 6 rings (SSSR count). The fourth-order valence-electron chi connectivity index (χ4n) is 6.55. The summed E-state index contributed by atoms with van der Waals surface area (Å²) in [6.45, 7) is 8.96. The minimum atomic E-state index is -3.15. The highest BCUT2D eigenvalue weighted by molar-refractivity contribution is 6.36. The van der Waals surface area contributed by atoms with Gasteiger partial charge < -0.3 is 14.6 Å². The van der Waals surface area contributed by atoms with Gasteiger partial charge in [0.25, 0.3) is 0 Å². The summed E-state index contributed by atoms with van der Waals surface area (Å²) in [5, 5.41) is 17.4. The molecular weight excluding hydrogens is 637 g/mol. The van der Waals surface area contributed by atoms with E-state index < -0.39 is 13.3 Å². The summed E-state index contributed by atoms with van der Waals surface area (Å²) < 4.78 is 36.5. The van der Waals surface area contributed by atoms with Gasteiger partial charge in [0.05, 0.1) is 48.3 Å². The average molecular weight is 677 g/mol.